The van der Waals surface area contributed by atoms with Crippen LogP contribution in [0.2, 0.25) is 15.1 Å². The SMILES string of the molecule is C[N+]1(NC(=O)C2=NN(c3ccc(Cl)cc3Cl)C(c3ccc(Cl)cc3)C2)CC2CCCC2C1. The molecule has 1 aliphatic carbocycles. The first-order valence-electron chi connectivity index (χ1n) is 11.1. The van der Waals surface area contributed by atoms with Crippen LogP contribution in [0.1, 0.15) is 37.3 Å². The molecule has 2 aromatic carbocycles. The van der Waals surface area contributed by atoms with Gasteiger partial charge in [0.1, 0.15) is 18.8 Å². The number of rotatable bonds is 4. The third-order valence-electron chi connectivity index (χ3n) is 7.05. The van der Waals surface area contributed by atoms with Gasteiger partial charge >= 0.3 is 5.91 Å². The van der Waals surface area contributed by atoms with Crippen molar-refractivity contribution in [3.63, 3.8) is 0 Å². The summed E-state index contributed by atoms with van der Waals surface area (Å²) in [7, 11) is 2.12. The van der Waals surface area contributed by atoms with Gasteiger partial charge in [0.2, 0.25) is 0 Å². The minimum atomic E-state index is -0.157. The molecule has 5 nitrogen and oxygen atoms in total. The second kappa shape index (κ2) is 8.53. The summed E-state index contributed by atoms with van der Waals surface area (Å²) in [4.78, 5) is 13.3. The van der Waals surface area contributed by atoms with Crippen molar-refractivity contribution in [2.45, 2.75) is 31.7 Å². The maximum Gasteiger partial charge on any atom is 0.312 e. The van der Waals surface area contributed by atoms with Crippen LogP contribution in [0.4, 0.5) is 5.69 Å². The molecule has 1 saturated heterocycles. The first-order chi connectivity index (χ1) is 15.3. The molecule has 0 aromatic heterocycles. The van der Waals surface area contributed by atoms with E-state index in [0.29, 0.717) is 31.8 Å². The molecular formula is C24H26Cl3N4O+. The molecule has 5 rings (SSSR count). The Morgan fingerprint density at radius 2 is 1.69 bits per heavy atom. The van der Waals surface area contributed by atoms with E-state index in [0.717, 1.165) is 36.2 Å². The number of hydrogen-bond donors (Lipinski definition) is 1. The van der Waals surface area contributed by atoms with Gasteiger partial charge < -0.3 is 0 Å². The van der Waals surface area contributed by atoms with E-state index < -0.39 is 0 Å². The Balaban J connectivity index is 1.42. The van der Waals surface area contributed by atoms with Gasteiger partial charge in [0, 0.05) is 28.3 Å². The Morgan fingerprint density at radius 3 is 2.34 bits per heavy atom. The van der Waals surface area contributed by atoms with E-state index in [4.69, 9.17) is 39.9 Å². The number of fused-ring (bicyclic) bond motifs is 1. The van der Waals surface area contributed by atoms with Crippen molar-refractivity contribution in [1.82, 2.24) is 5.43 Å². The molecule has 1 amide bonds. The highest BCUT2D eigenvalue weighted by Gasteiger charge is 2.47. The zero-order valence-corrected chi connectivity index (χ0v) is 20.2. The largest absolute Gasteiger partial charge is 0.312 e. The van der Waals surface area contributed by atoms with Crippen LogP contribution >= 0.6 is 34.8 Å². The summed E-state index contributed by atoms with van der Waals surface area (Å²) >= 11 is 18.7. The molecule has 3 aliphatic rings. The van der Waals surface area contributed by atoms with Crippen molar-refractivity contribution >= 4 is 52.1 Å². The van der Waals surface area contributed by atoms with Crippen molar-refractivity contribution in [2.24, 2.45) is 16.9 Å². The molecule has 1 N–H and O–H groups in total. The number of carbonyl (C=O) groups is 1. The van der Waals surface area contributed by atoms with Gasteiger partial charge in [-0.25, -0.2) is 4.59 Å². The second-order valence-electron chi connectivity index (χ2n) is 9.41. The lowest BCUT2D eigenvalue weighted by molar-refractivity contribution is -0.934. The first kappa shape index (κ1) is 22.0. The summed E-state index contributed by atoms with van der Waals surface area (Å²) < 4.78 is 0.584. The average Bonchev–Trinajstić information content (AvgIpc) is 3.42. The van der Waals surface area contributed by atoms with E-state index in [1.165, 1.54) is 19.3 Å². The quantitative estimate of drug-likeness (QED) is 0.543. The molecule has 2 heterocycles. The predicted molar refractivity (Wildman–Crippen MR) is 130 cm³/mol. The summed E-state index contributed by atoms with van der Waals surface area (Å²) in [5.41, 5.74) is 5.51. The van der Waals surface area contributed by atoms with Gasteiger partial charge in [-0.2, -0.15) is 10.5 Å². The van der Waals surface area contributed by atoms with Crippen molar-refractivity contribution in [3.05, 3.63) is 63.1 Å². The minimum absolute atomic E-state index is 0.112. The number of benzene rings is 2. The lowest BCUT2D eigenvalue weighted by Gasteiger charge is -2.29. The number of hydrazone groups is 1. The molecule has 3 atom stereocenters. The molecule has 0 radical (unpaired) electrons. The fraction of sp³-hybridized carbons (Fsp3) is 0.417. The van der Waals surface area contributed by atoms with Crippen LogP contribution in [-0.2, 0) is 4.79 Å². The summed E-state index contributed by atoms with van der Waals surface area (Å²) in [5, 5.41) is 8.29. The van der Waals surface area contributed by atoms with Gasteiger partial charge in [0.15, 0.2) is 0 Å². The highest BCUT2D eigenvalue weighted by Crippen LogP contribution is 2.41. The van der Waals surface area contributed by atoms with Gasteiger partial charge in [0.25, 0.3) is 0 Å². The summed E-state index contributed by atoms with van der Waals surface area (Å²) in [6.45, 7) is 1.99. The fourth-order valence-electron chi connectivity index (χ4n) is 5.59. The van der Waals surface area contributed by atoms with Crippen LogP contribution in [0, 0.1) is 11.8 Å². The van der Waals surface area contributed by atoms with Crippen molar-refractivity contribution in [3.8, 4) is 0 Å². The molecule has 2 aromatic rings. The Morgan fingerprint density at radius 1 is 1.03 bits per heavy atom. The molecule has 3 unspecified atom stereocenters. The summed E-state index contributed by atoms with van der Waals surface area (Å²) in [6.07, 6.45) is 4.35. The Labute approximate surface area is 203 Å². The number of quaternary nitrogens is 1. The van der Waals surface area contributed by atoms with E-state index in [1.807, 2.05) is 35.3 Å². The van der Waals surface area contributed by atoms with Crippen LogP contribution in [0.25, 0.3) is 0 Å². The molecule has 1 saturated carbocycles. The number of nitrogens with zero attached hydrogens (tertiary/aromatic N) is 3. The maximum absolute atomic E-state index is 13.3. The highest BCUT2D eigenvalue weighted by atomic mass is 35.5. The molecule has 8 heteroatoms. The molecule has 2 fully saturated rings. The summed E-state index contributed by atoms with van der Waals surface area (Å²) in [6, 6.07) is 12.8. The van der Waals surface area contributed by atoms with Gasteiger partial charge in [-0.1, -0.05) is 53.4 Å². The number of anilines is 1. The van der Waals surface area contributed by atoms with E-state index in [2.05, 4.69) is 12.5 Å². The normalized spacial score (nSPS) is 29.2. The lowest BCUT2D eigenvalue weighted by Crippen LogP contribution is -2.57. The summed E-state index contributed by atoms with van der Waals surface area (Å²) in [5.74, 6) is 1.33. The first-order valence-corrected chi connectivity index (χ1v) is 12.2. The van der Waals surface area contributed by atoms with E-state index in [1.54, 1.807) is 12.1 Å². The van der Waals surface area contributed by atoms with Crippen LogP contribution in [0.3, 0.4) is 0 Å². The zero-order valence-electron chi connectivity index (χ0n) is 17.9. The molecule has 0 spiro atoms. The Bertz CT molecular complexity index is 1060. The van der Waals surface area contributed by atoms with Crippen LogP contribution in [0.15, 0.2) is 47.6 Å². The molecule has 168 valence electrons. The van der Waals surface area contributed by atoms with Crippen LogP contribution in [-0.4, -0.2) is 36.3 Å². The number of amides is 1. The van der Waals surface area contributed by atoms with Gasteiger partial charge in [0.05, 0.1) is 23.8 Å². The highest BCUT2D eigenvalue weighted by molar-refractivity contribution is 6.40. The standard InChI is InChI=1S/C24H25Cl3N4O/c1-31(13-16-3-2-4-17(16)14-31)29-24(32)21-12-23(15-5-7-18(25)8-6-15)30(28-21)22-10-9-19(26)11-20(22)27/h5-11,16-17,23H,2-4,12-14H2,1H3/p+1. The van der Waals surface area contributed by atoms with Gasteiger partial charge in [-0.15, -0.1) is 0 Å². The molecule has 2 aliphatic heterocycles. The zero-order chi connectivity index (χ0) is 22.5. The lowest BCUT2D eigenvalue weighted by atomic mass is 10.0. The number of hydrogen-bond acceptors (Lipinski definition) is 3. The Hall–Kier alpha value is -1.79. The molecule has 0 bridgehead atoms. The maximum atomic E-state index is 13.3. The van der Waals surface area contributed by atoms with Crippen LogP contribution in [0.5, 0.6) is 0 Å². The van der Waals surface area contributed by atoms with E-state index in [-0.39, 0.29) is 11.9 Å². The van der Waals surface area contributed by atoms with E-state index >= 15 is 0 Å². The van der Waals surface area contributed by atoms with Crippen molar-refractivity contribution in [1.29, 1.82) is 0 Å². The molecular weight excluding hydrogens is 467 g/mol. The monoisotopic (exact) mass is 491 g/mol. The van der Waals surface area contributed by atoms with E-state index in [9.17, 15) is 4.79 Å². The number of likely N-dealkylation sites (tertiary alicyclic amines) is 1. The number of carbonyl (C=O) groups excluding carboxylic acids is 1. The topological polar surface area (TPSA) is 44.7 Å². The smallest absolute Gasteiger partial charge is 0.263 e. The van der Waals surface area contributed by atoms with Gasteiger partial charge in [-0.3, -0.25) is 9.80 Å². The number of halogens is 3. The predicted octanol–water partition coefficient (Wildman–Crippen LogP) is 5.86. The second-order valence-corrected chi connectivity index (χ2v) is 10.7. The fourth-order valence-corrected chi connectivity index (χ4v) is 6.21. The van der Waals surface area contributed by atoms with Crippen molar-refractivity contribution in [2.75, 3.05) is 25.1 Å². The van der Waals surface area contributed by atoms with Crippen molar-refractivity contribution < 1.29 is 9.39 Å². The van der Waals surface area contributed by atoms with Crippen LogP contribution < -0.4 is 10.4 Å². The Kier molecular flexibility index (Phi) is 5.87. The average molecular weight is 493 g/mol. The molecule has 32 heavy (non-hydrogen) atoms. The van der Waals surface area contributed by atoms with Gasteiger partial charge in [-0.05, 0) is 48.7 Å². The minimum Gasteiger partial charge on any atom is -0.263 e. The third kappa shape index (κ3) is 4.24. The third-order valence-corrected chi connectivity index (χ3v) is 7.84. The number of nitrogens with one attached hydrogen (secondary N) is 1.